The summed E-state index contributed by atoms with van der Waals surface area (Å²) in [6, 6.07) is 14.1. The van der Waals surface area contributed by atoms with E-state index >= 15 is 0 Å². The molecular formula is C24H23ClN4O4S. The van der Waals surface area contributed by atoms with Gasteiger partial charge in [-0.25, -0.2) is 9.79 Å². The van der Waals surface area contributed by atoms with E-state index in [9.17, 15) is 4.79 Å². The molecule has 176 valence electrons. The third kappa shape index (κ3) is 5.43. The average molecular weight is 499 g/mol. The van der Waals surface area contributed by atoms with Crippen LogP contribution in [-0.2, 0) is 15.3 Å². The number of aliphatic imine (C=N–C) groups is 1. The van der Waals surface area contributed by atoms with Crippen LogP contribution in [0.1, 0.15) is 31.3 Å². The Hall–Kier alpha value is -3.30. The minimum Gasteiger partial charge on any atom is -0.497 e. The van der Waals surface area contributed by atoms with E-state index in [0.717, 1.165) is 16.9 Å². The topological polar surface area (TPSA) is 98.8 Å². The van der Waals surface area contributed by atoms with Crippen LogP contribution in [0.2, 0.25) is 5.02 Å². The summed E-state index contributed by atoms with van der Waals surface area (Å²) in [4.78, 5) is 17.5. The molecule has 0 aliphatic carbocycles. The minimum absolute atomic E-state index is 0.281. The Morgan fingerprint density at radius 1 is 1.15 bits per heavy atom. The molecule has 3 aromatic rings. The average Bonchev–Trinajstić information content (AvgIpc) is 3.32. The highest BCUT2D eigenvalue weighted by atomic mass is 35.5. The zero-order valence-electron chi connectivity index (χ0n) is 18.9. The number of aromatic nitrogens is 2. The molecule has 0 amide bonds. The van der Waals surface area contributed by atoms with Crippen LogP contribution in [0.15, 0.2) is 69.2 Å². The lowest BCUT2D eigenvalue weighted by molar-refractivity contribution is -0.138. The van der Waals surface area contributed by atoms with Gasteiger partial charge in [0.2, 0.25) is 11.8 Å². The van der Waals surface area contributed by atoms with Crippen LogP contribution in [0.25, 0.3) is 11.5 Å². The molecule has 1 N–H and O–H groups in total. The summed E-state index contributed by atoms with van der Waals surface area (Å²) in [7, 11) is 1.61. The number of carbonyl (C=O) groups is 1. The molecule has 0 saturated carbocycles. The summed E-state index contributed by atoms with van der Waals surface area (Å²) in [5.74, 6) is 1.61. The third-order valence-corrected chi connectivity index (χ3v) is 6.16. The summed E-state index contributed by atoms with van der Waals surface area (Å²) in [6.07, 6.45) is 0. The number of allylic oxidation sites excluding steroid dienone is 1. The van der Waals surface area contributed by atoms with E-state index in [-0.39, 0.29) is 6.61 Å². The predicted octanol–water partition coefficient (Wildman–Crippen LogP) is 5.17. The molecule has 0 bridgehead atoms. The van der Waals surface area contributed by atoms with Gasteiger partial charge in [-0.1, -0.05) is 35.5 Å². The lowest BCUT2D eigenvalue weighted by atomic mass is 9.96. The van der Waals surface area contributed by atoms with Crippen molar-refractivity contribution in [3.05, 3.63) is 76.3 Å². The zero-order valence-corrected chi connectivity index (χ0v) is 20.4. The lowest BCUT2D eigenvalue weighted by Crippen LogP contribution is -2.30. The van der Waals surface area contributed by atoms with Crippen LogP contribution in [0, 0.1) is 0 Å². The molecule has 0 radical (unpaired) electrons. The fourth-order valence-corrected chi connectivity index (χ4v) is 4.28. The first kappa shape index (κ1) is 23.8. The highest BCUT2D eigenvalue weighted by molar-refractivity contribution is 8.13. The van der Waals surface area contributed by atoms with Crippen LogP contribution in [0.5, 0.6) is 5.75 Å². The number of methoxy groups -OCH3 is 1. The number of hydrogen-bond donors (Lipinski definition) is 1. The molecule has 2 aromatic carbocycles. The Bertz CT molecular complexity index is 1220. The Morgan fingerprint density at radius 3 is 2.56 bits per heavy atom. The molecule has 0 fully saturated rings. The smallest absolute Gasteiger partial charge is 0.338 e. The van der Waals surface area contributed by atoms with Crippen molar-refractivity contribution < 1.29 is 18.7 Å². The molecule has 2 heterocycles. The number of amidine groups is 1. The van der Waals surface area contributed by atoms with Crippen LogP contribution < -0.4 is 10.1 Å². The summed E-state index contributed by atoms with van der Waals surface area (Å²) >= 11 is 7.35. The van der Waals surface area contributed by atoms with E-state index in [1.165, 1.54) is 11.8 Å². The van der Waals surface area contributed by atoms with Crippen molar-refractivity contribution in [1.29, 1.82) is 0 Å². The van der Waals surface area contributed by atoms with Gasteiger partial charge < -0.3 is 19.2 Å². The van der Waals surface area contributed by atoms with E-state index in [1.807, 2.05) is 43.3 Å². The van der Waals surface area contributed by atoms with E-state index in [4.69, 9.17) is 30.5 Å². The fourth-order valence-electron chi connectivity index (χ4n) is 3.37. The Morgan fingerprint density at radius 2 is 1.88 bits per heavy atom. The molecular weight excluding hydrogens is 476 g/mol. The second-order valence-corrected chi connectivity index (χ2v) is 8.69. The SMILES string of the molecule is CCOC(=O)C1=C(C)NC(SCc2nnc(-c3ccc(Cl)cc3)o2)=NC1c1ccc(OC)cc1. The van der Waals surface area contributed by atoms with E-state index in [1.54, 1.807) is 26.2 Å². The second kappa shape index (κ2) is 10.8. The molecule has 1 unspecified atom stereocenters. The summed E-state index contributed by atoms with van der Waals surface area (Å²) in [5, 5.41) is 12.7. The first-order valence-electron chi connectivity index (χ1n) is 10.6. The van der Waals surface area contributed by atoms with E-state index in [2.05, 4.69) is 15.5 Å². The Labute approximate surface area is 206 Å². The number of halogens is 1. The Balaban J connectivity index is 1.53. The van der Waals surface area contributed by atoms with Gasteiger partial charge >= 0.3 is 5.97 Å². The molecule has 1 aliphatic heterocycles. The number of benzene rings is 2. The number of nitrogens with zero attached hydrogens (tertiary/aromatic N) is 3. The number of ether oxygens (including phenoxy) is 2. The van der Waals surface area contributed by atoms with Gasteiger partial charge in [0.1, 0.15) is 11.8 Å². The van der Waals surface area contributed by atoms with Crippen LogP contribution in [-0.4, -0.2) is 35.1 Å². The summed E-state index contributed by atoms with van der Waals surface area (Å²) in [6.45, 7) is 3.90. The van der Waals surface area contributed by atoms with Gasteiger partial charge in [-0.3, -0.25) is 0 Å². The first-order chi connectivity index (χ1) is 16.5. The van der Waals surface area contributed by atoms with Crippen molar-refractivity contribution in [2.75, 3.05) is 13.7 Å². The number of carbonyl (C=O) groups excluding carboxylic acids is 1. The quantitative estimate of drug-likeness (QED) is 0.445. The molecule has 1 aromatic heterocycles. The second-order valence-electron chi connectivity index (χ2n) is 7.29. The zero-order chi connectivity index (χ0) is 24.1. The molecule has 0 spiro atoms. The molecule has 1 aliphatic rings. The lowest BCUT2D eigenvalue weighted by Gasteiger charge is -2.25. The fraction of sp³-hybridized carbons (Fsp3) is 0.250. The number of esters is 1. The van der Waals surface area contributed by atoms with Gasteiger partial charge in [0.15, 0.2) is 5.17 Å². The maximum atomic E-state index is 12.7. The van der Waals surface area contributed by atoms with Gasteiger partial charge in [-0.2, -0.15) is 0 Å². The number of rotatable bonds is 7. The number of nitrogens with one attached hydrogen (secondary N) is 1. The molecule has 10 heteroatoms. The molecule has 1 atom stereocenters. The third-order valence-electron chi connectivity index (χ3n) is 5.04. The Kier molecular flexibility index (Phi) is 7.54. The monoisotopic (exact) mass is 498 g/mol. The molecule has 0 saturated heterocycles. The first-order valence-corrected chi connectivity index (χ1v) is 11.9. The van der Waals surface area contributed by atoms with Gasteiger partial charge in [0.05, 0.1) is 25.0 Å². The van der Waals surface area contributed by atoms with Gasteiger partial charge in [-0.05, 0) is 55.8 Å². The number of hydrogen-bond acceptors (Lipinski definition) is 9. The standard InChI is InChI=1S/C24H23ClN4O4S/c1-4-32-23(30)20-14(2)26-24(27-21(20)15-7-11-18(31-3)12-8-15)34-13-19-28-29-22(33-19)16-5-9-17(25)10-6-16/h5-12,21H,4,13H2,1-3H3,(H,26,27). The van der Waals surface area contributed by atoms with Crippen LogP contribution in [0.3, 0.4) is 0 Å². The predicted molar refractivity (Wildman–Crippen MR) is 132 cm³/mol. The highest BCUT2D eigenvalue weighted by Crippen LogP contribution is 2.34. The van der Waals surface area contributed by atoms with Crippen molar-refractivity contribution >= 4 is 34.5 Å². The molecule has 34 heavy (non-hydrogen) atoms. The van der Waals surface area contributed by atoms with Gasteiger partial charge in [0.25, 0.3) is 0 Å². The summed E-state index contributed by atoms with van der Waals surface area (Å²) < 4.78 is 16.3. The molecule has 8 nitrogen and oxygen atoms in total. The summed E-state index contributed by atoms with van der Waals surface area (Å²) in [5.41, 5.74) is 2.80. The molecule has 4 rings (SSSR count). The van der Waals surface area contributed by atoms with Crippen molar-refractivity contribution in [2.45, 2.75) is 25.6 Å². The van der Waals surface area contributed by atoms with Crippen molar-refractivity contribution in [2.24, 2.45) is 4.99 Å². The van der Waals surface area contributed by atoms with Gasteiger partial charge in [-0.15, -0.1) is 10.2 Å². The van der Waals surface area contributed by atoms with Crippen molar-refractivity contribution in [1.82, 2.24) is 15.5 Å². The largest absolute Gasteiger partial charge is 0.497 e. The van der Waals surface area contributed by atoms with Gasteiger partial charge in [0, 0.05) is 16.3 Å². The minimum atomic E-state index is -0.513. The number of thioether (sulfide) groups is 1. The van der Waals surface area contributed by atoms with E-state index in [0.29, 0.717) is 39.0 Å². The maximum Gasteiger partial charge on any atom is 0.338 e. The van der Waals surface area contributed by atoms with E-state index < -0.39 is 12.0 Å². The maximum absolute atomic E-state index is 12.7. The highest BCUT2D eigenvalue weighted by Gasteiger charge is 2.30. The van der Waals surface area contributed by atoms with Crippen LogP contribution in [0.4, 0.5) is 0 Å². The van der Waals surface area contributed by atoms with Crippen LogP contribution >= 0.6 is 23.4 Å². The normalized spacial score (nSPS) is 15.5. The van der Waals surface area contributed by atoms with Crippen molar-refractivity contribution in [3.63, 3.8) is 0 Å². The van der Waals surface area contributed by atoms with Crippen molar-refractivity contribution in [3.8, 4) is 17.2 Å².